The highest BCUT2D eigenvalue weighted by Crippen LogP contribution is 2.31. The van der Waals surface area contributed by atoms with Crippen molar-refractivity contribution in [1.29, 1.82) is 5.26 Å². The van der Waals surface area contributed by atoms with E-state index in [0.29, 0.717) is 35.1 Å². The Bertz CT molecular complexity index is 1230. The fraction of sp³-hybridized carbons (Fsp3) is 0.185. The van der Waals surface area contributed by atoms with Gasteiger partial charge in [0.15, 0.2) is 11.5 Å². The third-order valence-corrected chi connectivity index (χ3v) is 4.85. The Kier molecular flexibility index (Phi) is 8.25. The van der Waals surface area contributed by atoms with Gasteiger partial charge in [0.1, 0.15) is 29.8 Å². The minimum absolute atomic E-state index is 0.0778. The van der Waals surface area contributed by atoms with Crippen LogP contribution in [-0.2, 0) is 11.4 Å². The number of hydrogen-bond donors (Lipinski definition) is 1. The van der Waals surface area contributed by atoms with E-state index < -0.39 is 5.91 Å². The molecule has 0 spiro atoms. The number of halogens is 1. The number of rotatable bonds is 9. The van der Waals surface area contributed by atoms with Crippen LogP contribution >= 0.6 is 0 Å². The van der Waals surface area contributed by atoms with E-state index in [1.54, 1.807) is 42.5 Å². The molecule has 7 heteroatoms. The van der Waals surface area contributed by atoms with E-state index >= 15 is 0 Å². The summed E-state index contributed by atoms with van der Waals surface area (Å²) in [5, 5.41) is 12.3. The number of methoxy groups -OCH3 is 1. The van der Waals surface area contributed by atoms with Crippen LogP contribution in [0.2, 0.25) is 0 Å². The fourth-order valence-electron chi connectivity index (χ4n) is 3.17. The van der Waals surface area contributed by atoms with E-state index in [4.69, 9.17) is 14.2 Å². The van der Waals surface area contributed by atoms with E-state index in [-0.39, 0.29) is 18.0 Å². The maximum atomic E-state index is 13.1. The normalized spacial score (nSPS) is 10.9. The zero-order chi connectivity index (χ0) is 24.5. The number of carbonyl (C=O) groups excluding carboxylic acids is 1. The molecule has 1 N–H and O–H groups in total. The van der Waals surface area contributed by atoms with E-state index in [9.17, 15) is 14.4 Å². The van der Waals surface area contributed by atoms with Gasteiger partial charge in [0.2, 0.25) is 0 Å². The Morgan fingerprint density at radius 1 is 1.03 bits per heavy atom. The summed E-state index contributed by atoms with van der Waals surface area (Å²) in [6.45, 7) is 4.37. The SMILES string of the molecule is CCOc1cc(/C=C(\C#N)C(=O)Nc2cc(C)ccc2OC)ccc1OCc1ccc(F)cc1. The lowest BCUT2D eigenvalue weighted by Crippen LogP contribution is -2.14. The smallest absolute Gasteiger partial charge is 0.266 e. The van der Waals surface area contributed by atoms with Crippen molar-refractivity contribution >= 4 is 17.7 Å². The van der Waals surface area contributed by atoms with Crippen molar-refractivity contribution in [3.05, 3.63) is 88.7 Å². The third kappa shape index (κ3) is 6.36. The number of nitrogens with one attached hydrogen (secondary N) is 1. The Morgan fingerprint density at radius 2 is 1.76 bits per heavy atom. The average molecular weight is 461 g/mol. The Labute approximate surface area is 198 Å². The van der Waals surface area contributed by atoms with Crippen LogP contribution in [0.1, 0.15) is 23.6 Å². The summed E-state index contributed by atoms with van der Waals surface area (Å²) in [4.78, 5) is 12.7. The van der Waals surface area contributed by atoms with E-state index in [1.807, 2.05) is 26.0 Å². The van der Waals surface area contributed by atoms with Gasteiger partial charge in [-0.1, -0.05) is 24.3 Å². The maximum absolute atomic E-state index is 13.1. The van der Waals surface area contributed by atoms with Crippen LogP contribution < -0.4 is 19.5 Å². The van der Waals surface area contributed by atoms with Gasteiger partial charge in [-0.25, -0.2) is 4.39 Å². The van der Waals surface area contributed by atoms with Gasteiger partial charge < -0.3 is 19.5 Å². The molecule has 0 aliphatic heterocycles. The second-order valence-electron chi connectivity index (χ2n) is 7.38. The highest BCUT2D eigenvalue weighted by atomic mass is 19.1. The summed E-state index contributed by atoms with van der Waals surface area (Å²) in [5.74, 6) is 0.596. The third-order valence-electron chi connectivity index (χ3n) is 4.85. The number of anilines is 1. The Morgan fingerprint density at radius 3 is 2.44 bits per heavy atom. The summed E-state index contributed by atoms with van der Waals surface area (Å²) in [7, 11) is 1.51. The van der Waals surface area contributed by atoms with Crippen molar-refractivity contribution in [3.8, 4) is 23.3 Å². The molecule has 0 aliphatic rings. The standard InChI is InChI=1S/C27H25FN2O4/c1-4-33-26-15-20(8-12-25(26)34-17-19-6-9-22(28)10-7-19)14-21(16-29)27(31)30-23-13-18(2)5-11-24(23)32-3/h5-15H,4,17H2,1-3H3,(H,30,31)/b21-14+. The van der Waals surface area contributed by atoms with Crippen molar-refractivity contribution in [2.75, 3.05) is 19.0 Å². The van der Waals surface area contributed by atoms with Crippen molar-refractivity contribution in [2.45, 2.75) is 20.5 Å². The molecule has 0 aromatic heterocycles. The van der Waals surface area contributed by atoms with Gasteiger partial charge >= 0.3 is 0 Å². The molecule has 3 aromatic rings. The lowest BCUT2D eigenvalue weighted by molar-refractivity contribution is -0.112. The molecule has 0 aliphatic carbocycles. The largest absolute Gasteiger partial charge is 0.495 e. The topological polar surface area (TPSA) is 80.6 Å². The highest BCUT2D eigenvalue weighted by molar-refractivity contribution is 6.10. The number of nitrogens with zero attached hydrogens (tertiary/aromatic N) is 1. The minimum atomic E-state index is -0.555. The van der Waals surface area contributed by atoms with Crippen molar-refractivity contribution in [2.24, 2.45) is 0 Å². The first kappa shape index (κ1) is 24.3. The predicted molar refractivity (Wildman–Crippen MR) is 128 cm³/mol. The minimum Gasteiger partial charge on any atom is -0.495 e. The number of hydrogen-bond acceptors (Lipinski definition) is 5. The second-order valence-corrected chi connectivity index (χ2v) is 7.38. The van der Waals surface area contributed by atoms with Gasteiger partial charge in [0.05, 0.1) is 19.4 Å². The molecule has 3 rings (SSSR count). The molecular weight excluding hydrogens is 435 g/mol. The van der Waals surface area contributed by atoms with Crippen LogP contribution in [-0.4, -0.2) is 19.6 Å². The second kappa shape index (κ2) is 11.5. The molecule has 6 nitrogen and oxygen atoms in total. The molecular formula is C27H25FN2O4. The summed E-state index contributed by atoms with van der Waals surface area (Å²) < 4.78 is 29.9. The first-order chi connectivity index (χ1) is 16.4. The molecule has 0 unspecified atom stereocenters. The lowest BCUT2D eigenvalue weighted by Gasteiger charge is -2.13. The Balaban J connectivity index is 1.80. The van der Waals surface area contributed by atoms with E-state index in [0.717, 1.165) is 11.1 Å². The van der Waals surface area contributed by atoms with Crippen molar-refractivity contribution in [1.82, 2.24) is 0 Å². The number of amides is 1. The molecule has 0 saturated heterocycles. The monoisotopic (exact) mass is 460 g/mol. The molecule has 0 bridgehead atoms. The number of ether oxygens (including phenoxy) is 3. The van der Waals surface area contributed by atoms with Gasteiger partial charge in [-0.2, -0.15) is 5.26 Å². The molecule has 0 saturated carbocycles. The van der Waals surface area contributed by atoms with Gasteiger partial charge in [-0.05, 0) is 73.0 Å². The van der Waals surface area contributed by atoms with Gasteiger partial charge in [-0.15, -0.1) is 0 Å². The van der Waals surface area contributed by atoms with E-state index in [1.165, 1.54) is 25.3 Å². The van der Waals surface area contributed by atoms with Crippen LogP contribution in [0.3, 0.4) is 0 Å². The predicted octanol–water partition coefficient (Wildman–Crippen LogP) is 5.67. The summed E-state index contributed by atoms with van der Waals surface area (Å²) in [6, 6.07) is 18.5. The highest BCUT2D eigenvalue weighted by Gasteiger charge is 2.14. The number of benzene rings is 3. The maximum Gasteiger partial charge on any atom is 0.266 e. The van der Waals surface area contributed by atoms with Crippen LogP contribution in [0.4, 0.5) is 10.1 Å². The molecule has 1 amide bonds. The number of carbonyl (C=O) groups is 1. The Hall–Kier alpha value is -4.31. The van der Waals surface area contributed by atoms with E-state index in [2.05, 4.69) is 5.32 Å². The van der Waals surface area contributed by atoms with Crippen molar-refractivity contribution < 1.29 is 23.4 Å². The zero-order valence-corrected chi connectivity index (χ0v) is 19.2. The van der Waals surface area contributed by atoms with Crippen molar-refractivity contribution in [3.63, 3.8) is 0 Å². The van der Waals surface area contributed by atoms with Crippen LogP contribution in [0.5, 0.6) is 17.2 Å². The van der Waals surface area contributed by atoms with Crippen LogP contribution in [0, 0.1) is 24.1 Å². The number of nitriles is 1. The first-order valence-corrected chi connectivity index (χ1v) is 10.7. The first-order valence-electron chi connectivity index (χ1n) is 10.7. The van der Waals surface area contributed by atoms with Crippen LogP contribution in [0.25, 0.3) is 6.08 Å². The van der Waals surface area contributed by atoms with Gasteiger partial charge in [0, 0.05) is 0 Å². The quantitative estimate of drug-likeness (QED) is 0.329. The van der Waals surface area contributed by atoms with Gasteiger partial charge in [0.25, 0.3) is 5.91 Å². The summed E-state index contributed by atoms with van der Waals surface area (Å²) >= 11 is 0. The molecule has 0 heterocycles. The lowest BCUT2D eigenvalue weighted by atomic mass is 10.1. The fourth-order valence-corrected chi connectivity index (χ4v) is 3.17. The average Bonchev–Trinajstić information content (AvgIpc) is 2.83. The molecule has 0 atom stereocenters. The molecule has 3 aromatic carbocycles. The summed E-state index contributed by atoms with van der Waals surface area (Å²) in [6.07, 6.45) is 1.48. The molecule has 0 fully saturated rings. The molecule has 34 heavy (non-hydrogen) atoms. The van der Waals surface area contributed by atoms with Crippen LogP contribution in [0.15, 0.2) is 66.2 Å². The molecule has 174 valence electrons. The molecule has 0 radical (unpaired) electrons. The number of aryl methyl sites for hydroxylation is 1. The zero-order valence-electron chi connectivity index (χ0n) is 19.2. The van der Waals surface area contributed by atoms with Gasteiger partial charge in [-0.3, -0.25) is 4.79 Å². The summed E-state index contributed by atoms with van der Waals surface area (Å²) in [5.41, 5.74) is 2.75.